The Kier molecular flexibility index (Phi) is 3.21. The van der Waals surface area contributed by atoms with Gasteiger partial charge in [-0.05, 0) is 31.2 Å². The Hall–Kier alpha value is -1.52. The molecule has 1 aromatic heterocycles. The molecule has 0 saturated carbocycles. The fourth-order valence-corrected chi connectivity index (χ4v) is 2.57. The van der Waals surface area contributed by atoms with Crippen molar-refractivity contribution in [1.29, 1.82) is 0 Å². The van der Waals surface area contributed by atoms with Crippen molar-refractivity contribution in [2.45, 2.75) is 12.5 Å². The van der Waals surface area contributed by atoms with Gasteiger partial charge in [-0.15, -0.1) is 0 Å². The second kappa shape index (κ2) is 5.00. The summed E-state index contributed by atoms with van der Waals surface area (Å²) in [5, 5.41) is 4.74. The van der Waals surface area contributed by atoms with Crippen LogP contribution in [0.5, 0.6) is 5.75 Å². The molecule has 0 radical (unpaired) electrons. The minimum Gasteiger partial charge on any atom is -0.496 e. The number of rotatable bonds is 2. The zero-order valence-corrected chi connectivity index (χ0v) is 10.5. The number of nitrogens with one attached hydrogen (secondary N) is 2. The maximum atomic E-state index is 5.66. The minimum atomic E-state index is 0.196. The molecule has 2 heterocycles. The maximum absolute atomic E-state index is 5.66. The Balaban J connectivity index is 2.09. The Morgan fingerprint density at radius 3 is 3.17 bits per heavy atom. The first-order valence-corrected chi connectivity index (χ1v) is 6.35. The Morgan fingerprint density at radius 1 is 1.33 bits per heavy atom. The maximum Gasteiger partial charge on any atom is 0.124 e. The third-order valence-corrected chi connectivity index (χ3v) is 3.45. The van der Waals surface area contributed by atoms with Crippen molar-refractivity contribution in [1.82, 2.24) is 10.3 Å². The van der Waals surface area contributed by atoms with E-state index in [1.165, 1.54) is 10.9 Å². The van der Waals surface area contributed by atoms with E-state index in [1.54, 1.807) is 7.11 Å². The Labute approximate surface area is 106 Å². The summed E-state index contributed by atoms with van der Waals surface area (Å²) < 4.78 is 11.2. The molecule has 0 aliphatic carbocycles. The van der Waals surface area contributed by atoms with Crippen molar-refractivity contribution in [2.24, 2.45) is 0 Å². The van der Waals surface area contributed by atoms with Crippen molar-refractivity contribution < 1.29 is 9.47 Å². The van der Waals surface area contributed by atoms with E-state index < -0.39 is 0 Å². The molecule has 2 aromatic rings. The second-order valence-corrected chi connectivity index (χ2v) is 4.56. The fourth-order valence-electron chi connectivity index (χ4n) is 2.57. The molecule has 1 saturated heterocycles. The number of ether oxygens (including phenoxy) is 2. The van der Waals surface area contributed by atoms with Gasteiger partial charge in [0, 0.05) is 29.3 Å². The van der Waals surface area contributed by atoms with Crippen molar-refractivity contribution in [3.8, 4) is 5.75 Å². The van der Waals surface area contributed by atoms with E-state index in [9.17, 15) is 0 Å². The van der Waals surface area contributed by atoms with Crippen LogP contribution in [-0.2, 0) is 4.74 Å². The molecule has 1 aliphatic rings. The SMILES string of the molecule is COc1ccc2[nH]ccc2c1C1COCCCN1. The van der Waals surface area contributed by atoms with Crippen LogP contribution in [0.4, 0.5) is 0 Å². The van der Waals surface area contributed by atoms with Gasteiger partial charge in [0.2, 0.25) is 0 Å². The molecule has 0 bridgehead atoms. The number of methoxy groups -OCH3 is 1. The third-order valence-electron chi connectivity index (χ3n) is 3.45. The van der Waals surface area contributed by atoms with Crippen LogP contribution in [0, 0.1) is 0 Å². The van der Waals surface area contributed by atoms with E-state index in [2.05, 4.69) is 22.4 Å². The van der Waals surface area contributed by atoms with Crippen molar-refractivity contribution in [3.05, 3.63) is 30.0 Å². The molecule has 3 rings (SSSR count). The summed E-state index contributed by atoms with van der Waals surface area (Å²) in [5.41, 5.74) is 2.33. The smallest absolute Gasteiger partial charge is 0.124 e. The summed E-state index contributed by atoms with van der Waals surface area (Å²) in [6.07, 6.45) is 3.02. The summed E-state index contributed by atoms with van der Waals surface area (Å²) in [6, 6.07) is 6.36. The quantitative estimate of drug-likeness (QED) is 0.854. The van der Waals surface area contributed by atoms with Gasteiger partial charge in [-0.25, -0.2) is 0 Å². The van der Waals surface area contributed by atoms with Gasteiger partial charge in [-0.2, -0.15) is 0 Å². The average molecular weight is 246 g/mol. The van der Waals surface area contributed by atoms with Crippen LogP contribution < -0.4 is 10.1 Å². The fraction of sp³-hybridized carbons (Fsp3) is 0.429. The molecule has 4 nitrogen and oxygen atoms in total. The van der Waals surface area contributed by atoms with Gasteiger partial charge in [0.1, 0.15) is 5.75 Å². The Morgan fingerprint density at radius 2 is 2.28 bits per heavy atom. The summed E-state index contributed by atoms with van der Waals surface area (Å²) in [4.78, 5) is 3.24. The highest BCUT2D eigenvalue weighted by molar-refractivity contribution is 5.85. The number of aromatic nitrogens is 1. The molecule has 1 atom stereocenters. The van der Waals surface area contributed by atoms with Crippen LogP contribution in [0.25, 0.3) is 10.9 Å². The molecular weight excluding hydrogens is 228 g/mol. The third kappa shape index (κ3) is 1.98. The van der Waals surface area contributed by atoms with Crippen LogP contribution in [0.3, 0.4) is 0 Å². The monoisotopic (exact) mass is 246 g/mol. The van der Waals surface area contributed by atoms with Crippen molar-refractivity contribution >= 4 is 10.9 Å². The van der Waals surface area contributed by atoms with E-state index in [0.29, 0.717) is 6.61 Å². The molecule has 18 heavy (non-hydrogen) atoms. The van der Waals surface area contributed by atoms with E-state index in [-0.39, 0.29) is 6.04 Å². The molecule has 4 heteroatoms. The summed E-state index contributed by atoms with van der Waals surface area (Å²) in [7, 11) is 1.72. The highest BCUT2D eigenvalue weighted by Gasteiger charge is 2.21. The normalized spacial score (nSPS) is 20.8. The Bertz CT molecular complexity index is 528. The van der Waals surface area contributed by atoms with Gasteiger partial charge >= 0.3 is 0 Å². The minimum absolute atomic E-state index is 0.196. The van der Waals surface area contributed by atoms with E-state index in [0.717, 1.165) is 30.8 Å². The predicted octanol–water partition coefficient (Wildman–Crippen LogP) is 2.23. The van der Waals surface area contributed by atoms with E-state index >= 15 is 0 Å². The molecule has 96 valence electrons. The first-order chi connectivity index (χ1) is 8.90. The van der Waals surface area contributed by atoms with Crippen LogP contribution in [0.1, 0.15) is 18.0 Å². The van der Waals surface area contributed by atoms with Crippen molar-refractivity contribution in [3.63, 3.8) is 0 Å². The lowest BCUT2D eigenvalue weighted by Crippen LogP contribution is -2.24. The van der Waals surface area contributed by atoms with Crippen molar-refractivity contribution in [2.75, 3.05) is 26.9 Å². The highest BCUT2D eigenvalue weighted by Crippen LogP contribution is 2.33. The average Bonchev–Trinajstić information content (AvgIpc) is 2.71. The molecule has 0 amide bonds. The number of fused-ring (bicyclic) bond motifs is 1. The largest absolute Gasteiger partial charge is 0.496 e. The summed E-state index contributed by atoms with van der Waals surface area (Å²) in [6.45, 7) is 2.50. The second-order valence-electron chi connectivity index (χ2n) is 4.56. The predicted molar refractivity (Wildman–Crippen MR) is 71.0 cm³/mol. The number of aromatic amines is 1. The van der Waals surface area contributed by atoms with Crippen LogP contribution >= 0.6 is 0 Å². The highest BCUT2D eigenvalue weighted by atomic mass is 16.5. The summed E-state index contributed by atoms with van der Waals surface area (Å²) >= 11 is 0. The number of benzene rings is 1. The van der Waals surface area contributed by atoms with Crippen LogP contribution in [-0.4, -0.2) is 31.9 Å². The van der Waals surface area contributed by atoms with Gasteiger partial charge in [0.15, 0.2) is 0 Å². The number of hydrogen-bond acceptors (Lipinski definition) is 3. The molecule has 1 aliphatic heterocycles. The molecule has 1 unspecified atom stereocenters. The van der Waals surface area contributed by atoms with Gasteiger partial charge in [-0.3, -0.25) is 0 Å². The van der Waals surface area contributed by atoms with E-state index in [4.69, 9.17) is 9.47 Å². The first-order valence-electron chi connectivity index (χ1n) is 6.35. The zero-order valence-electron chi connectivity index (χ0n) is 10.5. The van der Waals surface area contributed by atoms with Gasteiger partial charge in [-0.1, -0.05) is 0 Å². The lowest BCUT2D eigenvalue weighted by Gasteiger charge is -2.19. The van der Waals surface area contributed by atoms with Gasteiger partial charge in [0.05, 0.1) is 19.8 Å². The van der Waals surface area contributed by atoms with Gasteiger partial charge in [0.25, 0.3) is 0 Å². The lowest BCUT2D eigenvalue weighted by atomic mass is 10.0. The van der Waals surface area contributed by atoms with E-state index in [1.807, 2.05) is 12.3 Å². The standard InChI is InChI=1S/C14H18N2O2/c1-17-13-4-3-11-10(5-7-16-11)14(13)12-9-18-8-2-6-15-12/h3-5,7,12,15-16H,2,6,8-9H2,1H3. The van der Waals surface area contributed by atoms with Crippen LogP contribution in [0.15, 0.2) is 24.4 Å². The number of hydrogen-bond donors (Lipinski definition) is 2. The topological polar surface area (TPSA) is 46.3 Å². The first kappa shape index (κ1) is 11.6. The van der Waals surface area contributed by atoms with Crippen LogP contribution in [0.2, 0.25) is 0 Å². The zero-order chi connectivity index (χ0) is 12.4. The summed E-state index contributed by atoms with van der Waals surface area (Å²) in [5.74, 6) is 0.921. The molecule has 0 spiro atoms. The molecular formula is C14H18N2O2. The lowest BCUT2D eigenvalue weighted by molar-refractivity contribution is 0.131. The van der Waals surface area contributed by atoms with Gasteiger partial charge < -0.3 is 19.8 Å². The number of H-pyrrole nitrogens is 1. The molecule has 2 N–H and O–H groups in total. The molecule has 1 aromatic carbocycles. The molecule has 1 fully saturated rings.